The maximum atomic E-state index is 12.5. The van der Waals surface area contributed by atoms with E-state index in [-0.39, 0.29) is 5.41 Å². The first-order valence-corrected chi connectivity index (χ1v) is 9.70. The number of hydrogen-bond donors (Lipinski definition) is 2. The van der Waals surface area contributed by atoms with E-state index in [9.17, 15) is 14.7 Å². The van der Waals surface area contributed by atoms with Gasteiger partial charge in [0.05, 0.1) is 0 Å². The third-order valence-corrected chi connectivity index (χ3v) is 5.49. The van der Waals surface area contributed by atoms with Crippen LogP contribution in [0.4, 0.5) is 0 Å². The van der Waals surface area contributed by atoms with E-state index in [2.05, 4.69) is 26.1 Å². The highest BCUT2D eigenvalue weighted by atomic mass is 32.2. The fourth-order valence-electron chi connectivity index (χ4n) is 2.74. The molecule has 1 atom stereocenters. The van der Waals surface area contributed by atoms with Gasteiger partial charge in [-0.2, -0.15) is 11.8 Å². The molecule has 1 aliphatic heterocycles. The summed E-state index contributed by atoms with van der Waals surface area (Å²) in [5.41, 5.74) is -0.0745. The minimum atomic E-state index is -1.17. The van der Waals surface area contributed by atoms with Crippen LogP contribution in [0.5, 0.6) is 5.75 Å². The van der Waals surface area contributed by atoms with Crippen LogP contribution in [0, 0.1) is 0 Å². The van der Waals surface area contributed by atoms with Crippen molar-refractivity contribution in [3.63, 3.8) is 0 Å². The van der Waals surface area contributed by atoms with E-state index >= 15 is 0 Å². The molecule has 25 heavy (non-hydrogen) atoms. The van der Waals surface area contributed by atoms with Crippen molar-refractivity contribution in [2.24, 2.45) is 0 Å². The van der Waals surface area contributed by atoms with Crippen molar-refractivity contribution in [1.29, 1.82) is 0 Å². The minimum Gasteiger partial charge on any atom is -0.481 e. The number of hydrogen-bond acceptors (Lipinski definition) is 4. The van der Waals surface area contributed by atoms with Crippen LogP contribution in [-0.4, -0.2) is 40.1 Å². The van der Waals surface area contributed by atoms with Crippen LogP contribution in [-0.2, 0) is 15.0 Å². The molecule has 2 N–H and O–H groups in total. The molecule has 1 amide bonds. The van der Waals surface area contributed by atoms with Crippen molar-refractivity contribution in [3.8, 4) is 5.75 Å². The summed E-state index contributed by atoms with van der Waals surface area (Å²) in [4.78, 5) is 24.2. The number of amides is 1. The fraction of sp³-hybridized carbons (Fsp3) is 0.579. The number of aliphatic carboxylic acids is 1. The summed E-state index contributed by atoms with van der Waals surface area (Å²) in [6.07, 6.45) is 0.108. The number of carboxylic acids is 1. The van der Waals surface area contributed by atoms with Gasteiger partial charge in [-0.05, 0) is 54.4 Å². The van der Waals surface area contributed by atoms with Crippen LogP contribution in [0.2, 0.25) is 0 Å². The Bertz CT molecular complexity index is 633. The van der Waals surface area contributed by atoms with Gasteiger partial charge in [0.1, 0.15) is 11.3 Å². The molecule has 1 saturated heterocycles. The van der Waals surface area contributed by atoms with Crippen LogP contribution < -0.4 is 10.1 Å². The van der Waals surface area contributed by atoms with Crippen LogP contribution >= 0.6 is 11.8 Å². The molecule has 5 nitrogen and oxygen atoms in total. The number of carboxylic acid groups (broad SMARTS) is 1. The molecule has 0 spiro atoms. The molecule has 138 valence electrons. The van der Waals surface area contributed by atoms with Crippen molar-refractivity contribution >= 4 is 23.6 Å². The van der Waals surface area contributed by atoms with Crippen molar-refractivity contribution < 1.29 is 19.4 Å². The first-order valence-electron chi connectivity index (χ1n) is 8.54. The average Bonchev–Trinajstić information content (AvgIpc) is 2.55. The monoisotopic (exact) mass is 365 g/mol. The van der Waals surface area contributed by atoms with Gasteiger partial charge in [-0.15, -0.1) is 0 Å². The SMILES string of the molecule is CC(Oc1cccc(C(C)(C)C)c1)C(=O)NC1(C(=O)O)CCSCC1. The smallest absolute Gasteiger partial charge is 0.329 e. The lowest BCUT2D eigenvalue weighted by Gasteiger charge is -2.34. The minimum absolute atomic E-state index is 0.0159. The molecule has 6 heteroatoms. The van der Waals surface area contributed by atoms with Crippen LogP contribution in [0.15, 0.2) is 24.3 Å². The van der Waals surface area contributed by atoms with Crippen LogP contribution in [0.1, 0.15) is 46.1 Å². The Balaban J connectivity index is 2.06. The highest BCUT2D eigenvalue weighted by molar-refractivity contribution is 7.99. The summed E-state index contributed by atoms with van der Waals surface area (Å²) in [6, 6.07) is 7.66. The maximum Gasteiger partial charge on any atom is 0.329 e. The molecule has 2 rings (SSSR count). The molecular weight excluding hydrogens is 338 g/mol. The number of benzene rings is 1. The normalized spacial score (nSPS) is 18.2. The van der Waals surface area contributed by atoms with Gasteiger partial charge < -0.3 is 15.2 Å². The standard InChI is InChI=1S/C19H27NO4S/c1-13(24-15-7-5-6-14(12-15)18(2,3)4)16(21)20-19(17(22)23)8-10-25-11-9-19/h5-7,12-13H,8-11H2,1-4H3,(H,20,21)(H,22,23). The van der Waals surface area contributed by atoms with E-state index in [1.54, 1.807) is 18.7 Å². The molecule has 1 fully saturated rings. The van der Waals surface area contributed by atoms with E-state index < -0.39 is 23.5 Å². The second-order valence-corrected chi connectivity index (χ2v) is 8.75. The largest absolute Gasteiger partial charge is 0.481 e. The third kappa shape index (κ3) is 4.91. The first kappa shape index (κ1) is 19.6. The summed E-state index contributed by atoms with van der Waals surface area (Å²) in [5, 5.41) is 12.3. The average molecular weight is 365 g/mol. The van der Waals surface area contributed by atoms with Gasteiger partial charge in [-0.25, -0.2) is 4.79 Å². The van der Waals surface area contributed by atoms with E-state index in [1.807, 2.05) is 24.3 Å². The Hall–Kier alpha value is -1.69. The van der Waals surface area contributed by atoms with E-state index in [0.717, 1.165) is 17.1 Å². The highest BCUT2D eigenvalue weighted by Crippen LogP contribution is 2.28. The number of thioether (sulfide) groups is 1. The van der Waals surface area contributed by atoms with E-state index in [0.29, 0.717) is 18.6 Å². The number of carbonyl (C=O) groups excluding carboxylic acids is 1. The molecule has 1 heterocycles. The zero-order chi connectivity index (χ0) is 18.7. The predicted octanol–water partition coefficient (Wildman–Crippen LogP) is 3.22. The molecule has 1 aromatic carbocycles. The highest BCUT2D eigenvalue weighted by Gasteiger charge is 2.42. The molecule has 1 aromatic rings. The summed E-state index contributed by atoms with van der Waals surface area (Å²) >= 11 is 1.71. The summed E-state index contributed by atoms with van der Waals surface area (Å²) in [7, 11) is 0. The number of carbonyl (C=O) groups is 2. The third-order valence-electron chi connectivity index (χ3n) is 4.50. The molecule has 0 bridgehead atoms. The summed E-state index contributed by atoms with van der Waals surface area (Å²) < 4.78 is 5.77. The van der Waals surface area contributed by atoms with Crippen molar-refractivity contribution in [2.75, 3.05) is 11.5 Å². The molecular formula is C19H27NO4S. The van der Waals surface area contributed by atoms with Crippen molar-refractivity contribution in [1.82, 2.24) is 5.32 Å². The summed E-state index contributed by atoms with van der Waals surface area (Å²) in [6.45, 7) is 7.98. The van der Waals surface area contributed by atoms with Gasteiger partial charge in [-0.3, -0.25) is 4.79 Å². The van der Waals surface area contributed by atoms with Gasteiger partial charge in [0.25, 0.3) is 5.91 Å². The quantitative estimate of drug-likeness (QED) is 0.838. The number of rotatable bonds is 5. The molecule has 1 aliphatic rings. The fourth-order valence-corrected chi connectivity index (χ4v) is 3.93. The molecule has 1 unspecified atom stereocenters. The lowest BCUT2D eigenvalue weighted by molar-refractivity contribution is -0.149. The summed E-state index contributed by atoms with van der Waals surface area (Å²) in [5.74, 6) is 0.711. The van der Waals surface area contributed by atoms with Gasteiger partial charge in [0.2, 0.25) is 0 Å². The maximum absolute atomic E-state index is 12.5. The Kier molecular flexibility index (Phi) is 6.03. The Morgan fingerprint density at radius 3 is 2.48 bits per heavy atom. The predicted molar refractivity (Wildman–Crippen MR) is 100 cm³/mol. The Labute approximate surface area is 153 Å². The number of nitrogens with one attached hydrogen (secondary N) is 1. The van der Waals surface area contributed by atoms with Gasteiger partial charge in [-0.1, -0.05) is 32.9 Å². The Morgan fingerprint density at radius 2 is 1.92 bits per heavy atom. The van der Waals surface area contributed by atoms with Gasteiger partial charge in [0.15, 0.2) is 6.10 Å². The lowest BCUT2D eigenvalue weighted by atomic mass is 9.87. The molecule has 0 aliphatic carbocycles. The second kappa shape index (κ2) is 7.68. The molecule has 0 radical (unpaired) electrons. The van der Waals surface area contributed by atoms with E-state index in [4.69, 9.17) is 4.74 Å². The first-order chi connectivity index (χ1) is 11.6. The van der Waals surface area contributed by atoms with Crippen molar-refractivity contribution in [3.05, 3.63) is 29.8 Å². The van der Waals surface area contributed by atoms with Crippen LogP contribution in [0.25, 0.3) is 0 Å². The lowest BCUT2D eigenvalue weighted by Crippen LogP contribution is -2.58. The Morgan fingerprint density at radius 1 is 1.28 bits per heavy atom. The zero-order valence-corrected chi connectivity index (χ0v) is 16.1. The molecule has 0 saturated carbocycles. The topological polar surface area (TPSA) is 75.6 Å². The number of ether oxygens (including phenoxy) is 1. The second-order valence-electron chi connectivity index (χ2n) is 7.53. The van der Waals surface area contributed by atoms with Gasteiger partial charge >= 0.3 is 5.97 Å². The van der Waals surface area contributed by atoms with Crippen LogP contribution in [0.3, 0.4) is 0 Å². The van der Waals surface area contributed by atoms with E-state index in [1.165, 1.54) is 0 Å². The van der Waals surface area contributed by atoms with Crippen molar-refractivity contribution in [2.45, 2.75) is 57.6 Å². The van der Waals surface area contributed by atoms with Gasteiger partial charge in [0, 0.05) is 0 Å². The zero-order valence-electron chi connectivity index (χ0n) is 15.3. The molecule has 0 aromatic heterocycles.